The van der Waals surface area contributed by atoms with Crippen LogP contribution < -0.4 is 5.32 Å². The fourth-order valence-corrected chi connectivity index (χ4v) is 3.97. The Kier molecular flexibility index (Phi) is 7.47. The van der Waals surface area contributed by atoms with Crippen molar-refractivity contribution in [2.75, 3.05) is 0 Å². The number of pyridine rings is 1. The van der Waals surface area contributed by atoms with Crippen LogP contribution in [0.2, 0.25) is 5.02 Å². The molecule has 10 heteroatoms. The van der Waals surface area contributed by atoms with E-state index < -0.39 is 23.8 Å². The number of nitrogens with one attached hydrogen (secondary N) is 2. The molecular weight excluding hydrogens is 473 g/mol. The predicted octanol–water partition coefficient (Wildman–Crippen LogP) is 4.26. The van der Waals surface area contributed by atoms with E-state index in [0.717, 1.165) is 5.56 Å². The summed E-state index contributed by atoms with van der Waals surface area (Å²) in [5, 5.41) is 22.8. The van der Waals surface area contributed by atoms with E-state index in [4.69, 9.17) is 11.6 Å². The van der Waals surface area contributed by atoms with Gasteiger partial charge in [0.2, 0.25) is 0 Å². The van der Waals surface area contributed by atoms with E-state index in [9.17, 15) is 19.1 Å². The summed E-state index contributed by atoms with van der Waals surface area (Å²) in [6.07, 6.45) is 3.25. The average Bonchev–Trinajstić information content (AvgIpc) is 3.40. The van der Waals surface area contributed by atoms with Crippen molar-refractivity contribution in [2.24, 2.45) is 0 Å². The molecule has 4 rings (SSSR count). The molecule has 8 nitrogen and oxygen atoms in total. The zero-order valence-electron chi connectivity index (χ0n) is 18.4. The first-order valence-corrected chi connectivity index (χ1v) is 11.1. The molecule has 0 saturated carbocycles. The van der Waals surface area contributed by atoms with Crippen molar-refractivity contribution >= 4 is 23.5 Å². The van der Waals surface area contributed by atoms with Crippen LogP contribution in [0, 0.1) is 5.82 Å². The van der Waals surface area contributed by atoms with Crippen molar-refractivity contribution in [3.8, 4) is 11.1 Å². The molecule has 2 heterocycles. The number of hydrogen-bond acceptors (Lipinski definition) is 5. The van der Waals surface area contributed by atoms with Gasteiger partial charge in [-0.3, -0.25) is 19.7 Å². The molecule has 178 valence electrons. The van der Waals surface area contributed by atoms with Gasteiger partial charge in [0.05, 0.1) is 11.9 Å². The van der Waals surface area contributed by atoms with Gasteiger partial charge in [-0.25, -0.2) is 4.39 Å². The van der Waals surface area contributed by atoms with Crippen molar-refractivity contribution in [1.82, 2.24) is 25.7 Å². The number of aromatic nitrogens is 4. The van der Waals surface area contributed by atoms with Crippen molar-refractivity contribution < 1.29 is 19.1 Å². The molecule has 1 unspecified atom stereocenters. The predicted molar refractivity (Wildman–Crippen MR) is 127 cm³/mol. The third kappa shape index (κ3) is 6.07. The molecule has 0 bridgehead atoms. The summed E-state index contributed by atoms with van der Waals surface area (Å²) >= 11 is 6.01. The van der Waals surface area contributed by atoms with Crippen molar-refractivity contribution in [2.45, 2.75) is 24.8 Å². The number of aromatic amines is 1. The Morgan fingerprint density at radius 2 is 1.91 bits per heavy atom. The Bertz CT molecular complexity index is 1300. The average molecular weight is 494 g/mol. The zero-order chi connectivity index (χ0) is 24.8. The molecule has 0 radical (unpaired) electrons. The first-order chi connectivity index (χ1) is 16.9. The zero-order valence-corrected chi connectivity index (χ0v) is 19.1. The van der Waals surface area contributed by atoms with E-state index in [1.54, 1.807) is 36.4 Å². The molecule has 1 amide bonds. The smallest absolute Gasteiger partial charge is 0.312 e. The molecule has 35 heavy (non-hydrogen) atoms. The minimum atomic E-state index is -1.04. The molecule has 0 aliphatic carbocycles. The van der Waals surface area contributed by atoms with Crippen LogP contribution in [0.5, 0.6) is 0 Å². The van der Waals surface area contributed by atoms with Crippen LogP contribution in [0.15, 0.2) is 73.1 Å². The quantitative estimate of drug-likeness (QED) is 0.320. The fraction of sp³-hybridized carbons (Fsp3) is 0.160. The Balaban J connectivity index is 1.57. The highest BCUT2D eigenvalue weighted by Crippen LogP contribution is 2.27. The van der Waals surface area contributed by atoms with Crippen molar-refractivity contribution in [3.05, 3.63) is 101 Å². The molecule has 0 spiro atoms. The minimum absolute atomic E-state index is 0.102. The lowest BCUT2D eigenvalue weighted by atomic mass is 9.91. The number of benzene rings is 2. The van der Waals surface area contributed by atoms with Gasteiger partial charge in [-0.05, 0) is 54.3 Å². The number of H-pyrrole nitrogens is 1. The summed E-state index contributed by atoms with van der Waals surface area (Å²) in [4.78, 5) is 28.9. The number of rotatable bonds is 9. The Labute approximate surface area is 205 Å². The van der Waals surface area contributed by atoms with Gasteiger partial charge in [0.15, 0.2) is 0 Å². The van der Waals surface area contributed by atoms with E-state index in [1.807, 2.05) is 12.1 Å². The van der Waals surface area contributed by atoms with E-state index >= 15 is 0 Å². The molecule has 2 aromatic carbocycles. The third-order valence-electron chi connectivity index (χ3n) is 5.53. The number of carboxylic acid groups (broad SMARTS) is 1. The highest BCUT2D eigenvalue weighted by molar-refractivity contribution is 6.30. The number of carbonyl (C=O) groups excluding carboxylic acids is 1. The third-order valence-corrected chi connectivity index (χ3v) is 5.77. The number of carbonyl (C=O) groups is 2. The van der Waals surface area contributed by atoms with Crippen molar-refractivity contribution in [3.63, 3.8) is 0 Å². The SMILES string of the molecule is O=C(N[C@H](Cc1ccc(-c2cc(Cl)ccc2F)cc1)CC(C(=O)O)c1ccccn1)c1cnn[nH]1. The summed E-state index contributed by atoms with van der Waals surface area (Å²) in [5.74, 6) is -2.82. The fourth-order valence-electron chi connectivity index (χ4n) is 3.80. The molecule has 0 aliphatic rings. The lowest BCUT2D eigenvalue weighted by Gasteiger charge is -2.22. The van der Waals surface area contributed by atoms with Crippen LogP contribution in [-0.2, 0) is 11.2 Å². The highest BCUT2D eigenvalue weighted by atomic mass is 35.5. The van der Waals surface area contributed by atoms with Crippen LogP contribution >= 0.6 is 11.6 Å². The topological polar surface area (TPSA) is 121 Å². The molecule has 3 N–H and O–H groups in total. The van der Waals surface area contributed by atoms with E-state index in [1.165, 1.54) is 24.5 Å². The maximum absolute atomic E-state index is 14.2. The number of hydrogen-bond donors (Lipinski definition) is 3. The maximum Gasteiger partial charge on any atom is 0.312 e. The second kappa shape index (κ2) is 10.9. The molecule has 0 saturated heterocycles. The number of amides is 1. The van der Waals surface area contributed by atoms with Crippen LogP contribution in [0.25, 0.3) is 11.1 Å². The maximum atomic E-state index is 14.2. The normalized spacial score (nSPS) is 12.6. The number of halogens is 2. The van der Waals surface area contributed by atoms with Crippen LogP contribution in [0.1, 0.15) is 34.1 Å². The lowest BCUT2D eigenvalue weighted by molar-refractivity contribution is -0.139. The van der Waals surface area contributed by atoms with Gasteiger partial charge in [-0.15, -0.1) is 5.10 Å². The molecule has 0 fully saturated rings. The monoisotopic (exact) mass is 493 g/mol. The standard InChI is InChI=1S/C25H21ClFN5O3/c26-17-8-9-21(27)19(12-17)16-6-4-15(5-7-16)11-18(30-24(33)23-14-29-32-31-23)13-20(25(34)35)22-3-1-2-10-28-22/h1-10,12,14,18,20H,11,13H2,(H,30,33)(H,34,35)(H,29,31,32)/t18-,20?/m1/s1. The summed E-state index contributed by atoms with van der Waals surface area (Å²) in [6, 6.07) is 16.0. The molecule has 2 aromatic heterocycles. The van der Waals surface area contributed by atoms with Gasteiger partial charge in [0.25, 0.3) is 5.91 Å². The largest absolute Gasteiger partial charge is 0.481 e. The summed E-state index contributed by atoms with van der Waals surface area (Å²) in [6.45, 7) is 0. The van der Waals surface area contributed by atoms with Crippen LogP contribution in [0.4, 0.5) is 4.39 Å². The summed E-state index contributed by atoms with van der Waals surface area (Å²) in [7, 11) is 0. The summed E-state index contributed by atoms with van der Waals surface area (Å²) in [5.41, 5.74) is 2.41. The summed E-state index contributed by atoms with van der Waals surface area (Å²) < 4.78 is 14.2. The number of nitrogens with zero attached hydrogens (tertiary/aromatic N) is 3. The van der Waals surface area contributed by atoms with E-state index in [-0.39, 0.29) is 17.9 Å². The first-order valence-electron chi connectivity index (χ1n) is 10.8. The number of carboxylic acids is 1. The van der Waals surface area contributed by atoms with E-state index in [0.29, 0.717) is 28.3 Å². The highest BCUT2D eigenvalue weighted by Gasteiger charge is 2.27. The second-order valence-corrected chi connectivity index (χ2v) is 8.38. The minimum Gasteiger partial charge on any atom is -0.481 e. The van der Waals surface area contributed by atoms with Gasteiger partial charge in [-0.1, -0.05) is 47.1 Å². The van der Waals surface area contributed by atoms with Gasteiger partial charge < -0.3 is 10.4 Å². The van der Waals surface area contributed by atoms with Gasteiger partial charge in [-0.2, -0.15) is 0 Å². The van der Waals surface area contributed by atoms with Crippen molar-refractivity contribution in [1.29, 1.82) is 0 Å². The molecular formula is C25H21ClFN5O3. The van der Waals surface area contributed by atoms with Gasteiger partial charge >= 0.3 is 5.97 Å². The Hall–Kier alpha value is -4.11. The number of aliphatic carboxylic acids is 1. The van der Waals surface area contributed by atoms with Gasteiger partial charge in [0, 0.05) is 22.8 Å². The van der Waals surface area contributed by atoms with Gasteiger partial charge in [0.1, 0.15) is 17.4 Å². The van der Waals surface area contributed by atoms with E-state index in [2.05, 4.69) is 25.7 Å². The Morgan fingerprint density at radius 1 is 1.11 bits per heavy atom. The lowest BCUT2D eigenvalue weighted by Crippen LogP contribution is -2.39. The molecule has 0 aliphatic heterocycles. The van der Waals surface area contributed by atoms with Crippen LogP contribution in [-0.4, -0.2) is 43.4 Å². The van der Waals surface area contributed by atoms with Crippen LogP contribution in [0.3, 0.4) is 0 Å². The molecule has 2 atom stereocenters. The Morgan fingerprint density at radius 3 is 2.57 bits per heavy atom. The first kappa shape index (κ1) is 24.0. The second-order valence-electron chi connectivity index (χ2n) is 7.95. The molecule has 4 aromatic rings.